The second kappa shape index (κ2) is 4.68. The Morgan fingerprint density at radius 1 is 1.53 bits per heavy atom. The molecule has 3 N–H and O–H groups in total. The van der Waals surface area contributed by atoms with Gasteiger partial charge in [-0.15, -0.1) is 0 Å². The van der Waals surface area contributed by atoms with Crippen molar-refractivity contribution in [3.8, 4) is 17.5 Å². The lowest BCUT2D eigenvalue weighted by molar-refractivity contribution is 0.980. The van der Waals surface area contributed by atoms with E-state index in [1.807, 2.05) is 25.1 Å². The molecule has 0 aliphatic carbocycles. The first-order valence-electron chi connectivity index (χ1n) is 5.14. The number of hydrogen-bond donors (Lipinski definition) is 2. The zero-order valence-corrected chi connectivity index (χ0v) is 9.40. The number of H-pyrrole nitrogens is 1. The van der Waals surface area contributed by atoms with Crippen molar-refractivity contribution in [1.82, 2.24) is 14.8 Å². The number of aromatic amines is 1. The highest BCUT2D eigenvalue weighted by Crippen LogP contribution is 2.12. The predicted molar refractivity (Wildman–Crippen MR) is 64.9 cm³/mol. The fourth-order valence-corrected chi connectivity index (χ4v) is 1.52. The molecule has 1 aromatic carbocycles. The SMILES string of the molecule is Cc1cc(-n2cn[nH]c2=O)ccc1C#CCN. The van der Waals surface area contributed by atoms with E-state index in [4.69, 9.17) is 5.73 Å². The van der Waals surface area contributed by atoms with E-state index < -0.39 is 0 Å². The monoisotopic (exact) mass is 228 g/mol. The number of benzene rings is 1. The summed E-state index contributed by atoms with van der Waals surface area (Å²) in [6.07, 6.45) is 1.45. The molecule has 0 saturated carbocycles. The van der Waals surface area contributed by atoms with E-state index in [1.54, 1.807) is 0 Å². The van der Waals surface area contributed by atoms with Crippen molar-refractivity contribution in [2.24, 2.45) is 5.73 Å². The summed E-state index contributed by atoms with van der Waals surface area (Å²) in [4.78, 5) is 11.4. The minimum Gasteiger partial charge on any atom is -0.320 e. The third-order valence-corrected chi connectivity index (χ3v) is 2.37. The Bertz CT molecular complexity index is 642. The summed E-state index contributed by atoms with van der Waals surface area (Å²) in [5.74, 6) is 5.78. The molecule has 17 heavy (non-hydrogen) atoms. The van der Waals surface area contributed by atoms with Gasteiger partial charge < -0.3 is 5.73 Å². The summed E-state index contributed by atoms with van der Waals surface area (Å²) < 4.78 is 1.44. The van der Waals surface area contributed by atoms with Gasteiger partial charge in [0.25, 0.3) is 0 Å². The fourth-order valence-electron chi connectivity index (χ4n) is 1.52. The maximum Gasteiger partial charge on any atom is 0.347 e. The highest BCUT2D eigenvalue weighted by atomic mass is 16.1. The molecule has 0 bridgehead atoms. The van der Waals surface area contributed by atoms with Gasteiger partial charge in [0, 0.05) is 5.56 Å². The number of nitrogens with two attached hydrogens (primary N) is 1. The molecule has 0 unspecified atom stereocenters. The van der Waals surface area contributed by atoms with Crippen LogP contribution >= 0.6 is 0 Å². The first-order chi connectivity index (χ1) is 8.22. The summed E-state index contributed by atoms with van der Waals surface area (Å²) in [6, 6.07) is 5.58. The van der Waals surface area contributed by atoms with Crippen LogP contribution in [0.4, 0.5) is 0 Å². The van der Waals surface area contributed by atoms with E-state index in [2.05, 4.69) is 22.0 Å². The standard InChI is InChI=1S/C12H12N4O/c1-9-7-11(16-8-14-15-12(16)17)5-4-10(9)3-2-6-13/h4-5,7-8H,6,13H2,1H3,(H,15,17). The van der Waals surface area contributed by atoms with Crippen LogP contribution in [0.5, 0.6) is 0 Å². The Kier molecular flexibility index (Phi) is 3.08. The van der Waals surface area contributed by atoms with Gasteiger partial charge in [0.2, 0.25) is 0 Å². The normalized spacial score (nSPS) is 9.76. The van der Waals surface area contributed by atoms with Crippen LogP contribution < -0.4 is 11.4 Å². The molecule has 0 radical (unpaired) electrons. The molecule has 86 valence electrons. The van der Waals surface area contributed by atoms with Crippen molar-refractivity contribution in [2.75, 3.05) is 6.54 Å². The maximum absolute atomic E-state index is 11.4. The molecule has 0 aliphatic rings. The lowest BCUT2D eigenvalue weighted by atomic mass is 10.1. The van der Waals surface area contributed by atoms with Gasteiger partial charge in [-0.05, 0) is 30.7 Å². The van der Waals surface area contributed by atoms with Crippen LogP contribution in [0.25, 0.3) is 5.69 Å². The molecular formula is C12H12N4O. The van der Waals surface area contributed by atoms with Gasteiger partial charge in [-0.25, -0.2) is 14.5 Å². The molecule has 2 aromatic rings. The highest BCUT2D eigenvalue weighted by Gasteiger charge is 2.02. The molecule has 5 nitrogen and oxygen atoms in total. The van der Waals surface area contributed by atoms with Gasteiger partial charge in [0.15, 0.2) is 0 Å². The smallest absolute Gasteiger partial charge is 0.320 e. The molecule has 0 fully saturated rings. The van der Waals surface area contributed by atoms with Crippen molar-refractivity contribution >= 4 is 0 Å². The first-order valence-corrected chi connectivity index (χ1v) is 5.14. The Balaban J connectivity index is 2.44. The second-order valence-electron chi connectivity index (χ2n) is 3.54. The summed E-state index contributed by atoms with van der Waals surface area (Å²) in [5, 5.41) is 6.03. The van der Waals surface area contributed by atoms with Gasteiger partial charge in [-0.3, -0.25) is 0 Å². The van der Waals surface area contributed by atoms with Crippen LogP contribution in [0.15, 0.2) is 29.3 Å². The average molecular weight is 228 g/mol. The van der Waals surface area contributed by atoms with Crippen molar-refractivity contribution < 1.29 is 0 Å². The minimum absolute atomic E-state index is 0.259. The predicted octanol–water partition coefficient (Wildman–Crippen LogP) is 0.179. The van der Waals surface area contributed by atoms with Crippen molar-refractivity contribution in [3.05, 3.63) is 46.1 Å². The van der Waals surface area contributed by atoms with Gasteiger partial charge in [-0.2, -0.15) is 5.10 Å². The Morgan fingerprint density at radius 2 is 2.35 bits per heavy atom. The highest BCUT2D eigenvalue weighted by molar-refractivity contribution is 5.47. The molecule has 5 heteroatoms. The molecular weight excluding hydrogens is 216 g/mol. The van der Waals surface area contributed by atoms with E-state index in [9.17, 15) is 4.79 Å². The topological polar surface area (TPSA) is 76.7 Å². The molecule has 0 spiro atoms. The van der Waals surface area contributed by atoms with Crippen molar-refractivity contribution in [1.29, 1.82) is 0 Å². The van der Waals surface area contributed by atoms with Gasteiger partial charge in [0.05, 0.1) is 12.2 Å². The van der Waals surface area contributed by atoms with Gasteiger partial charge in [-0.1, -0.05) is 11.8 Å². The van der Waals surface area contributed by atoms with Crippen LogP contribution in [0.2, 0.25) is 0 Å². The van der Waals surface area contributed by atoms with Crippen molar-refractivity contribution in [2.45, 2.75) is 6.92 Å². The number of nitrogens with zero attached hydrogens (tertiary/aromatic N) is 2. The van der Waals surface area contributed by atoms with Crippen LogP contribution in [0.1, 0.15) is 11.1 Å². The summed E-state index contributed by atoms with van der Waals surface area (Å²) >= 11 is 0. The minimum atomic E-state index is -0.259. The van der Waals surface area contributed by atoms with Gasteiger partial charge >= 0.3 is 5.69 Å². The molecule has 0 atom stereocenters. The fraction of sp³-hybridized carbons (Fsp3) is 0.167. The number of rotatable bonds is 1. The quantitative estimate of drug-likeness (QED) is 0.683. The summed E-state index contributed by atoms with van der Waals surface area (Å²) in [7, 11) is 0. The van der Waals surface area contributed by atoms with E-state index in [0.717, 1.165) is 16.8 Å². The third-order valence-electron chi connectivity index (χ3n) is 2.37. The van der Waals surface area contributed by atoms with Crippen LogP contribution in [-0.2, 0) is 0 Å². The number of aryl methyl sites for hydroxylation is 1. The van der Waals surface area contributed by atoms with E-state index in [-0.39, 0.29) is 5.69 Å². The summed E-state index contributed by atoms with van der Waals surface area (Å²) in [6.45, 7) is 2.28. The van der Waals surface area contributed by atoms with E-state index in [1.165, 1.54) is 10.9 Å². The number of hydrogen-bond acceptors (Lipinski definition) is 3. The Morgan fingerprint density at radius 3 is 2.94 bits per heavy atom. The molecule has 2 rings (SSSR count). The molecule has 0 amide bonds. The maximum atomic E-state index is 11.4. The molecule has 0 saturated heterocycles. The zero-order chi connectivity index (χ0) is 12.3. The molecule has 1 aromatic heterocycles. The summed E-state index contributed by atoms with van der Waals surface area (Å²) in [5.41, 5.74) is 7.74. The van der Waals surface area contributed by atoms with Crippen LogP contribution in [0, 0.1) is 18.8 Å². The lowest BCUT2D eigenvalue weighted by Gasteiger charge is -2.03. The van der Waals surface area contributed by atoms with E-state index >= 15 is 0 Å². The van der Waals surface area contributed by atoms with E-state index in [0.29, 0.717) is 6.54 Å². The zero-order valence-electron chi connectivity index (χ0n) is 9.40. The number of aromatic nitrogens is 3. The number of nitrogens with one attached hydrogen (secondary N) is 1. The van der Waals surface area contributed by atoms with Crippen LogP contribution in [-0.4, -0.2) is 21.3 Å². The largest absolute Gasteiger partial charge is 0.347 e. The third kappa shape index (κ3) is 2.27. The van der Waals surface area contributed by atoms with Crippen molar-refractivity contribution in [3.63, 3.8) is 0 Å². The van der Waals surface area contributed by atoms with Crippen LogP contribution in [0.3, 0.4) is 0 Å². The Hall–Kier alpha value is -2.32. The molecule has 1 heterocycles. The lowest BCUT2D eigenvalue weighted by Crippen LogP contribution is -2.14. The molecule has 0 aliphatic heterocycles. The average Bonchev–Trinajstić information content (AvgIpc) is 2.74. The second-order valence-corrected chi connectivity index (χ2v) is 3.54. The first kappa shape index (κ1) is 11.2. The van der Waals surface area contributed by atoms with Gasteiger partial charge in [0.1, 0.15) is 6.33 Å². The Labute approximate surface area is 98.3 Å².